The SMILES string of the molecule is Cc1ccc(-n2ncc3c(C4CC4)nn(CC(=O)Nc4ccc(Cl)cc4)c(=O)c32)cc1C. The van der Waals surface area contributed by atoms with E-state index in [9.17, 15) is 9.59 Å². The number of anilines is 1. The molecule has 1 N–H and O–H groups in total. The van der Waals surface area contributed by atoms with Gasteiger partial charge in [-0.3, -0.25) is 9.59 Å². The fourth-order valence-electron chi connectivity index (χ4n) is 3.78. The van der Waals surface area contributed by atoms with Crippen molar-refractivity contribution >= 4 is 34.1 Å². The highest BCUT2D eigenvalue weighted by atomic mass is 35.5. The minimum atomic E-state index is -0.341. The first-order valence-corrected chi connectivity index (χ1v) is 10.9. The maximum absolute atomic E-state index is 13.4. The summed E-state index contributed by atoms with van der Waals surface area (Å²) in [5.74, 6) is -0.0404. The number of amides is 1. The van der Waals surface area contributed by atoms with Gasteiger partial charge in [0.15, 0.2) is 0 Å². The third-order valence-corrected chi connectivity index (χ3v) is 6.08. The molecular formula is C24H22ClN5O2. The lowest BCUT2D eigenvalue weighted by Gasteiger charge is -2.11. The Kier molecular flexibility index (Phi) is 5.06. The third kappa shape index (κ3) is 3.80. The predicted molar refractivity (Wildman–Crippen MR) is 125 cm³/mol. The van der Waals surface area contributed by atoms with Crippen LogP contribution in [0.4, 0.5) is 5.69 Å². The summed E-state index contributed by atoms with van der Waals surface area (Å²) in [6.07, 6.45) is 3.75. The zero-order valence-electron chi connectivity index (χ0n) is 17.8. The summed E-state index contributed by atoms with van der Waals surface area (Å²) in [6, 6.07) is 12.8. The van der Waals surface area contributed by atoms with Crippen molar-refractivity contribution in [2.24, 2.45) is 0 Å². The van der Waals surface area contributed by atoms with E-state index in [1.165, 1.54) is 10.2 Å². The Bertz CT molecular complexity index is 1400. The van der Waals surface area contributed by atoms with Crippen molar-refractivity contribution in [1.82, 2.24) is 19.6 Å². The fraction of sp³-hybridized carbons (Fsp3) is 0.250. The maximum atomic E-state index is 13.4. The Morgan fingerprint density at radius 3 is 2.56 bits per heavy atom. The van der Waals surface area contributed by atoms with Crippen LogP contribution in [0.5, 0.6) is 0 Å². The van der Waals surface area contributed by atoms with Gasteiger partial charge in [-0.1, -0.05) is 17.7 Å². The largest absolute Gasteiger partial charge is 0.324 e. The summed E-state index contributed by atoms with van der Waals surface area (Å²) in [5.41, 5.74) is 4.64. The molecule has 2 heterocycles. The number of benzene rings is 2. The Morgan fingerprint density at radius 1 is 1.12 bits per heavy atom. The van der Waals surface area contributed by atoms with Crippen LogP contribution < -0.4 is 10.9 Å². The monoisotopic (exact) mass is 447 g/mol. The van der Waals surface area contributed by atoms with E-state index in [1.807, 2.05) is 32.0 Å². The highest BCUT2D eigenvalue weighted by molar-refractivity contribution is 6.30. The summed E-state index contributed by atoms with van der Waals surface area (Å²) in [6.45, 7) is 3.89. The molecule has 5 rings (SSSR count). The first kappa shape index (κ1) is 20.5. The van der Waals surface area contributed by atoms with E-state index in [4.69, 9.17) is 11.6 Å². The Labute approximate surface area is 189 Å². The number of hydrogen-bond acceptors (Lipinski definition) is 4. The number of rotatable bonds is 5. The zero-order valence-corrected chi connectivity index (χ0v) is 18.6. The zero-order chi connectivity index (χ0) is 22.4. The molecule has 0 aliphatic heterocycles. The number of halogens is 1. The Morgan fingerprint density at radius 2 is 1.88 bits per heavy atom. The Balaban J connectivity index is 1.56. The van der Waals surface area contributed by atoms with Crippen molar-refractivity contribution in [3.05, 3.63) is 80.9 Å². The molecule has 8 heteroatoms. The van der Waals surface area contributed by atoms with Gasteiger partial charge in [0.2, 0.25) is 5.91 Å². The number of nitrogens with zero attached hydrogens (tertiary/aromatic N) is 4. The van der Waals surface area contributed by atoms with E-state index in [2.05, 4.69) is 15.5 Å². The van der Waals surface area contributed by atoms with E-state index in [-0.39, 0.29) is 18.0 Å². The summed E-state index contributed by atoms with van der Waals surface area (Å²) >= 11 is 5.90. The average molecular weight is 448 g/mol. The van der Waals surface area contributed by atoms with E-state index in [0.29, 0.717) is 22.1 Å². The van der Waals surface area contributed by atoms with Gasteiger partial charge in [0.1, 0.15) is 12.1 Å². The van der Waals surface area contributed by atoms with E-state index in [1.54, 1.807) is 35.1 Å². The van der Waals surface area contributed by atoms with Crippen LogP contribution in [-0.4, -0.2) is 25.5 Å². The first-order chi connectivity index (χ1) is 15.4. The van der Waals surface area contributed by atoms with Gasteiger partial charge in [-0.05, 0) is 74.2 Å². The smallest absolute Gasteiger partial charge is 0.293 e. The molecule has 0 bridgehead atoms. The number of hydrogen-bond donors (Lipinski definition) is 1. The van der Waals surface area contributed by atoms with Crippen molar-refractivity contribution in [2.45, 2.75) is 39.2 Å². The molecule has 2 aromatic heterocycles. The van der Waals surface area contributed by atoms with Gasteiger partial charge in [-0.2, -0.15) is 10.2 Å². The highest BCUT2D eigenvalue weighted by Crippen LogP contribution is 2.41. The van der Waals surface area contributed by atoms with Crippen molar-refractivity contribution < 1.29 is 4.79 Å². The highest BCUT2D eigenvalue weighted by Gasteiger charge is 2.30. The van der Waals surface area contributed by atoms with Crippen LogP contribution >= 0.6 is 11.6 Å². The molecule has 0 unspecified atom stereocenters. The number of carbonyl (C=O) groups excluding carboxylic acids is 1. The predicted octanol–water partition coefficient (Wildman–Crippen LogP) is 4.37. The van der Waals surface area contributed by atoms with Crippen LogP contribution in [0, 0.1) is 13.8 Å². The normalized spacial score (nSPS) is 13.5. The van der Waals surface area contributed by atoms with Crippen LogP contribution in [0.3, 0.4) is 0 Å². The molecule has 1 amide bonds. The van der Waals surface area contributed by atoms with Gasteiger partial charge < -0.3 is 5.32 Å². The van der Waals surface area contributed by atoms with E-state index < -0.39 is 0 Å². The lowest BCUT2D eigenvalue weighted by atomic mass is 10.1. The van der Waals surface area contributed by atoms with Crippen molar-refractivity contribution in [1.29, 1.82) is 0 Å². The molecule has 0 radical (unpaired) electrons. The summed E-state index contributed by atoms with van der Waals surface area (Å²) in [5, 5.41) is 13.2. The van der Waals surface area contributed by atoms with Crippen molar-refractivity contribution in [3.63, 3.8) is 0 Å². The van der Waals surface area contributed by atoms with Crippen LogP contribution in [0.1, 0.15) is 35.6 Å². The maximum Gasteiger partial charge on any atom is 0.293 e. The minimum Gasteiger partial charge on any atom is -0.324 e. The molecule has 1 saturated carbocycles. The molecular weight excluding hydrogens is 426 g/mol. The molecule has 0 atom stereocenters. The van der Waals surface area contributed by atoms with Gasteiger partial charge in [0, 0.05) is 22.0 Å². The number of fused-ring (bicyclic) bond motifs is 1. The lowest BCUT2D eigenvalue weighted by molar-refractivity contribution is -0.117. The molecule has 4 aromatic rings. The number of carbonyl (C=O) groups is 1. The number of aryl methyl sites for hydroxylation is 2. The quantitative estimate of drug-likeness (QED) is 0.492. The fourth-order valence-corrected chi connectivity index (χ4v) is 3.91. The van der Waals surface area contributed by atoms with Gasteiger partial charge in [-0.15, -0.1) is 0 Å². The standard InChI is InChI=1S/C24H22ClN5O2/c1-14-3-10-19(11-15(14)2)30-23-20(12-26-30)22(16-4-5-16)28-29(24(23)32)13-21(31)27-18-8-6-17(25)7-9-18/h3,6-12,16H,4-5,13H2,1-2H3,(H,27,31). The number of aromatic nitrogens is 4. The second-order valence-corrected chi connectivity index (χ2v) is 8.70. The van der Waals surface area contributed by atoms with Crippen LogP contribution in [0.2, 0.25) is 5.02 Å². The van der Waals surface area contributed by atoms with Crippen molar-refractivity contribution in [3.8, 4) is 5.69 Å². The topological polar surface area (TPSA) is 81.8 Å². The molecule has 0 spiro atoms. The Hall–Kier alpha value is -3.45. The van der Waals surface area contributed by atoms with E-state index >= 15 is 0 Å². The van der Waals surface area contributed by atoms with Crippen molar-refractivity contribution in [2.75, 3.05) is 5.32 Å². The van der Waals surface area contributed by atoms with Gasteiger partial charge in [0.05, 0.1) is 17.6 Å². The van der Waals surface area contributed by atoms with Crippen LogP contribution in [0.25, 0.3) is 16.6 Å². The lowest BCUT2D eigenvalue weighted by Crippen LogP contribution is -2.31. The number of nitrogens with one attached hydrogen (secondary N) is 1. The molecule has 2 aromatic carbocycles. The van der Waals surface area contributed by atoms with Gasteiger partial charge >= 0.3 is 0 Å². The second-order valence-electron chi connectivity index (χ2n) is 8.26. The van der Waals surface area contributed by atoms with Crippen LogP contribution in [0.15, 0.2) is 53.5 Å². The minimum absolute atomic E-state index is 0.185. The molecule has 1 fully saturated rings. The summed E-state index contributed by atoms with van der Waals surface area (Å²) < 4.78 is 2.91. The summed E-state index contributed by atoms with van der Waals surface area (Å²) in [7, 11) is 0. The average Bonchev–Trinajstić information content (AvgIpc) is 3.51. The second kappa shape index (κ2) is 7.91. The molecule has 32 heavy (non-hydrogen) atoms. The summed E-state index contributed by atoms with van der Waals surface area (Å²) in [4.78, 5) is 26.1. The molecule has 1 aliphatic carbocycles. The molecule has 162 valence electrons. The molecule has 0 saturated heterocycles. The third-order valence-electron chi connectivity index (χ3n) is 5.83. The van der Waals surface area contributed by atoms with E-state index in [0.717, 1.165) is 35.2 Å². The van der Waals surface area contributed by atoms with Gasteiger partial charge in [-0.25, -0.2) is 9.36 Å². The molecule has 7 nitrogen and oxygen atoms in total. The first-order valence-electron chi connectivity index (χ1n) is 10.5. The molecule has 1 aliphatic rings. The van der Waals surface area contributed by atoms with Crippen LogP contribution in [-0.2, 0) is 11.3 Å². The van der Waals surface area contributed by atoms with Gasteiger partial charge in [0.25, 0.3) is 5.56 Å².